The number of rotatable bonds is 8. The Bertz CT molecular complexity index is 798. The van der Waals surface area contributed by atoms with E-state index in [1.165, 1.54) is 19.3 Å². The monoisotopic (exact) mass is 456 g/mol. The van der Waals surface area contributed by atoms with E-state index in [0.717, 1.165) is 43.5 Å². The number of sulfonamides is 1. The lowest BCUT2D eigenvalue weighted by Crippen LogP contribution is -2.58. The van der Waals surface area contributed by atoms with E-state index in [9.17, 15) is 13.2 Å². The summed E-state index contributed by atoms with van der Waals surface area (Å²) in [6, 6.07) is 7.84. The van der Waals surface area contributed by atoms with Gasteiger partial charge >= 0.3 is 0 Å². The fourth-order valence-corrected chi connectivity index (χ4v) is 6.62. The van der Waals surface area contributed by atoms with Crippen LogP contribution in [-0.2, 0) is 10.0 Å². The highest BCUT2D eigenvalue weighted by Crippen LogP contribution is 2.38. The van der Waals surface area contributed by atoms with Crippen molar-refractivity contribution < 1.29 is 13.2 Å². The minimum absolute atomic E-state index is 0. The van der Waals surface area contributed by atoms with Gasteiger partial charge in [-0.2, -0.15) is 4.31 Å². The average molecular weight is 457 g/mol. The predicted molar refractivity (Wildman–Crippen MR) is 125 cm³/mol. The van der Waals surface area contributed by atoms with Crippen molar-refractivity contribution in [3.05, 3.63) is 35.4 Å². The van der Waals surface area contributed by atoms with E-state index in [-0.39, 0.29) is 29.5 Å². The summed E-state index contributed by atoms with van der Waals surface area (Å²) in [5.74, 6) is 0.473. The Labute approximate surface area is 188 Å². The summed E-state index contributed by atoms with van der Waals surface area (Å²) in [6.07, 6.45) is 8.01. The molecule has 1 aromatic carbocycles. The summed E-state index contributed by atoms with van der Waals surface area (Å²) in [5, 5.41) is 0. The van der Waals surface area contributed by atoms with Crippen molar-refractivity contribution in [1.29, 1.82) is 0 Å². The Morgan fingerprint density at radius 3 is 2.27 bits per heavy atom. The van der Waals surface area contributed by atoms with Crippen LogP contribution in [0, 0.1) is 6.92 Å². The first-order chi connectivity index (χ1) is 13.9. The van der Waals surface area contributed by atoms with Gasteiger partial charge in [-0.15, -0.1) is 12.4 Å². The Kier molecular flexibility index (Phi) is 9.34. The molecule has 1 aliphatic carbocycles. The molecule has 5 nitrogen and oxygen atoms in total. The minimum Gasteiger partial charge on any atom is -0.295 e. The fourth-order valence-electron chi connectivity index (χ4n) is 5.13. The maximum atomic E-state index is 12.9. The van der Waals surface area contributed by atoms with Crippen LogP contribution in [0.5, 0.6) is 0 Å². The van der Waals surface area contributed by atoms with Crippen molar-refractivity contribution in [1.82, 2.24) is 9.21 Å². The van der Waals surface area contributed by atoms with Gasteiger partial charge in [0.15, 0.2) is 5.78 Å². The van der Waals surface area contributed by atoms with Crippen LogP contribution in [0.3, 0.4) is 0 Å². The van der Waals surface area contributed by atoms with Gasteiger partial charge in [0.1, 0.15) is 0 Å². The van der Waals surface area contributed by atoms with Gasteiger partial charge < -0.3 is 0 Å². The van der Waals surface area contributed by atoms with Crippen LogP contribution in [-0.4, -0.2) is 60.9 Å². The zero-order chi connectivity index (χ0) is 20.9. The molecule has 1 aromatic rings. The van der Waals surface area contributed by atoms with Crippen molar-refractivity contribution in [2.24, 2.45) is 0 Å². The van der Waals surface area contributed by atoms with Gasteiger partial charge in [0.05, 0.1) is 5.75 Å². The summed E-state index contributed by atoms with van der Waals surface area (Å²) < 4.78 is 26.5. The van der Waals surface area contributed by atoms with E-state index in [1.54, 1.807) is 4.31 Å². The predicted octanol–water partition coefficient (Wildman–Crippen LogP) is 4.44. The first-order valence-corrected chi connectivity index (χ1v) is 12.8. The smallest absolute Gasteiger partial charge is 0.214 e. The number of hydrogen-bond donors (Lipinski definition) is 0. The molecule has 7 heteroatoms. The first kappa shape index (κ1) is 25.3. The molecule has 0 radical (unpaired) electrons. The maximum absolute atomic E-state index is 12.9. The van der Waals surface area contributed by atoms with Crippen LogP contribution in [0.2, 0.25) is 0 Å². The van der Waals surface area contributed by atoms with E-state index in [0.29, 0.717) is 25.9 Å². The SMILES string of the molecule is CCCS(=O)(=O)N1CCN(C2(CCC(=O)c3ccccc3C)CCCCC2)CC1.Cl. The molecule has 1 aliphatic heterocycles. The molecule has 30 heavy (non-hydrogen) atoms. The van der Waals surface area contributed by atoms with Gasteiger partial charge in [0.25, 0.3) is 0 Å². The molecule has 3 rings (SSSR count). The lowest BCUT2D eigenvalue weighted by Gasteiger charge is -2.50. The third-order valence-corrected chi connectivity index (χ3v) is 8.89. The zero-order valence-electron chi connectivity index (χ0n) is 18.4. The molecule has 2 fully saturated rings. The second kappa shape index (κ2) is 11.1. The van der Waals surface area contributed by atoms with E-state index in [4.69, 9.17) is 0 Å². The number of nitrogens with zero attached hydrogens (tertiary/aromatic N) is 2. The molecule has 1 heterocycles. The third kappa shape index (κ3) is 5.84. The van der Waals surface area contributed by atoms with Gasteiger partial charge in [-0.3, -0.25) is 9.69 Å². The molecule has 0 atom stereocenters. The van der Waals surface area contributed by atoms with Gasteiger partial charge in [-0.05, 0) is 38.2 Å². The summed E-state index contributed by atoms with van der Waals surface area (Å²) in [4.78, 5) is 15.4. The van der Waals surface area contributed by atoms with Crippen LogP contribution < -0.4 is 0 Å². The molecule has 0 N–H and O–H groups in total. The van der Waals surface area contributed by atoms with Gasteiger partial charge in [-0.25, -0.2) is 8.42 Å². The summed E-state index contributed by atoms with van der Waals surface area (Å²) >= 11 is 0. The number of carbonyl (C=O) groups excluding carboxylic acids is 1. The molecular weight excluding hydrogens is 420 g/mol. The van der Waals surface area contributed by atoms with Crippen molar-refractivity contribution in [2.45, 2.75) is 70.8 Å². The van der Waals surface area contributed by atoms with Crippen LogP contribution in [0.25, 0.3) is 0 Å². The number of hydrogen-bond acceptors (Lipinski definition) is 4. The molecule has 1 saturated heterocycles. The summed E-state index contributed by atoms with van der Waals surface area (Å²) in [6.45, 7) is 6.63. The Balaban J connectivity index is 0.00000320. The Morgan fingerprint density at radius 1 is 1.03 bits per heavy atom. The highest BCUT2D eigenvalue weighted by atomic mass is 35.5. The standard InChI is InChI=1S/C23H36N2O3S.ClH/c1-3-19-29(27,28)25-17-15-24(16-18-25)23(12-7-4-8-13-23)14-11-22(26)21-10-6-5-9-20(21)2;/h5-6,9-10H,3-4,7-8,11-19H2,1-2H3;1H. The highest BCUT2D eigenvalue weighted by Gasteiger charge is 2.40. The minimum atomic E-state index is -3.12. The number of aryl methyl sites for hydroxylation is 1. The summed E-state index contributed by atoms with van der Waals surface area (Å²) in [5.41, 5.74) is 1.94. The molecule has 1 saturated carbocycles. The molecule has 0 spiro atoms. The number of halogens is 1. The number of benzene rings is 1. The quantitative estimate of drug-likeness (QED) is 0.542. The van der Waals surface area contributed by atoms with Crippen LogP contribution in [0.15, 0.2) is 24.3 Å². The van der Waals surface area contributed by atoms with Crippen LogP contribution in [0.4, 0.5) is 0 Å². The largest absolute Gasteiger partial charge is 0.295 e. The van der Waals surface area contributed by atoms with E-state index >= 15 is 0 Å². The zero-order valence-corrected chi connectivity index (χ0v) is 20.1. The van der Waals surface area contributed by atoms with Crippen molar-refractivity contribution in [3.63, 3.8) is 0 Å². The number of Topliss-reactive ketones (excluding diaryl/α,β-unsaturated/α-hetero) is 1. The maximum Gasteiger partial charge on any atom is 0.214 e. The van der Waals surface area contributed by atoms with Crippen molar-refractivity contribution >= 4 is 28.2 Å². The molecule has 0 unspecified atom stereocenters. The molecule has 170 valence electrons. The van der Waals surface area contributed by atoms with Crippen molar-refractivity contribution in [3.8, 4) is 0 Å². The number of ketones is 1. The number of piperazine rings is 1. The van der Waals surface area contributed by atoms with Gasteiger partial charge in [0, 0.05) is 43.7 Å². The van der Waals surface area contributed by atoms with Crippen molar-refractivity contribution in [2.75, 3.05) is 31.9 Å². The summed E-state index contributed by atoms with van der Waals surface area (Å²) in [7, 11) is -3.12. The van der Waals surface area contributed by atoms with E-state index in [1.807, 2.05) is 38.1 Å². The van der Waals surface area contributed by atoms with Crippen LogP contribution in [0.1, 0.15) is 74.2 Å². The molecule has 0 aromatic heterocycles. The topological polar surface area (TPSA) is 57.7 Å². The third-order valence-electron chi connectivity index (χ3n) is 6.81. The van der Waals surface area contributed by atoms with Crippen LogP contribution >= 0.6 is 12.4 Å². The molecule has 2 aliphatic rings. The Morgan fingerprint density at radius 2 is 1.67 bits per heavy atom. The normalized spacial score (nSPS) is 20.5. The van der Waals surface area contributed by atoms with E-state index in [2.05, 4.69) is 4.90 Å². The van der Waals surface area contributed by atoms with Gasteiger partial charge in [0.2, 0.25) is 10.0 Å². The second-order valence-corrected chi connectivity index (χ2v) is 10.8. The molecule has 0 amide bonds. The molecular formula is C23H37ClN2O3S. The number of carbonyl (C=O) groups is 1. The first-order valence-electron chi connectivity index (χ1n) is 11.2. The fraction of sp³-hybridized carbons (Fsp3) is 0.696. The average Bonchev–Trinajstić information content (AvgIpc) is 2.73. The lowest BCUT2D eigenvalue weighted by molar-refractivity contribution is 0.0165. The van der Waals surface area contributed by atoms with Gasteiger partial charge in [-0.1, -0.05) is 50.5 Å². The molecule has 0 bridgehead atoms. The Hall–Kier alpha value is -0.950. The highest BCUT2D eigenvalue weighted by molar-refractivity contribution is 7.89. The van der Waals surface area contributed by atoms with E-state index < -0.39 is 10.0 Å². The second-order valence-electron chi connectivity index (χ2n) is 8.73. The lowest BCUT2D eigenvalue weighted by atomic mass is 9.76.